The van der Waals surface area contributed by atoms with E-state index in [0.29, 0.717) is 61.0 Å². The van der Waals surface area contributed by atoms with Gasteiger partial charge < -0.3 is 20.4 Å². The number of nitrogens with zero attached hydrogens (tertiary/aromatic N) is 2. The lowest BCUT2D eigenvalue weighted by molar-refractivity contribution is -0.141. The summed E-state index contributed by atoms with van der Waals surface area (Å²) in [5.74, 6) is -1.01. The second-order valence-electron chi connectivity index (χ2n) is 18.7. The Morgan fingerprint density at radius 2 is 1.14 bits per heavy atom. The molecule has 1 fully saturated rings. The van der Waals surface area contributed by atoms with Gasteiger partial charge in [0, 0.05) is 43.3 Å². The van der Waals surface area contributed by atoms with Gasteiger partial charge in [0.25, 0.3) is 11.8 Å². The number of piperidine rings is 1. The number of likely N-dealkylation sites (tertiary alicyclic amines) is 1. The molecule has 0 radical (unpaired) electrons. The molecule has 0 bridgehead atoms. The van der Waals surface area contributed by atoms with Crippen molar-refractivity contribution in [2.45, 2.75) is 82.1 Å². The number of amides is 3. The monoisotopic (exact) mass is 972 g/mol. The van der Waals surface area contributed by atoms with E-state index in [0.717, 1.165) is 96.4 Å². The number of rotatable bonds is 18. The zero-order valence-corrected chi connectivity index (χ0v) is 39.7. The fraction of sp³-hybridized carbons (Fsp3) is 0.328. The molecule has 1 aliphatic carbocycles. The van der Waals surface area contributed by atoms with Crippen molar-refractivity contribution >= 4 is 17.7 Å². The van der Waals surface area contributed by atoms with E-state index in [-0.39, 0.29) is 17.9 Å². The SMILES string of the molecule is Cc1ccc(-c2ccccc2C(=O)N(CCCCCNC(=O)c2ccccc2-c2ccc(C(F)(F)F)cc2)C2CCN(CCCCC3(C(=O)NCC(F)(F)F)c4ccccc4-c4ccccc43)CC2)cc1. The molecule has 370 valence electrons. The number of aryl methyl sites for hydroxylation is 1. The summed E-state index contributed by atoms with van der Waals surface area (Å²) < 4.78 is 79.9. The lowest BCUT2D eigenvalue weighted by atomic mass is 9.73. The molecule has 2 aliphatic rings. The van der Waals surface area contributed by atoms with Crippen LogP contribution in [0.2, 0.25) is 0 Å². The molecule has 2 N–H and O–H groups in total. The van der Waals surface area contributed by atoms with Crippen LogP contribution in [0.4, 0.5) is 26.3 Å². The van der Waals surface area contributed by atoms with Crippen LogP contribution in [0.3, 0.4) is 0 Å². The zero-order valence-electron chi connectivity index (χ0n) is 39.7. The Kier molecular flexibility index (Phi) is 15.8. The van der Waals surface area contributed by atoms with E-state index in [2.05, 4.69) is 15.5 Å². The average Bonchev–Trinajstić information content (AvgIpc) is 3.66. The molecule has 0 atom stereocenters. The van der Waals surface area contributed by atoms with Gasteiger partial charge in [-0.05, 0) is 127 Å². The average molecular weight is 973 g/mol. The third-order valence-electron chi connectivity index (χ3n) is 14.0. The maximum atomic E-state index is 14.8. The molecule has 3 amide bonds. The van der Waals surface area contributed by atoms with Crippen LogP contribution in [0.1, 0.15) is 94.3 Å². The first kappa shape index (κ1) is 50.7. The Bertz CT molecular complexity index is 2750. The van der Waals surface area contributed by atoms with E-state index in [1.807, 2.05) is 109 Å². The third kappa shape index (κ3) is 11.7. The van der Waals surface area contributed by atoms with Gasteiger partial charge >= 0.3 is 12.4 Å². The number of carbonyl (C=O) groups is 3. The van der Waals surface area contributed by atoms with Crippen LogP contribution < -0.4 is 10.6 Å². The minimum absolute atomic E-state index is 0.0293. The van der Waals surface area contributed by atoms with Gasteiger partial charge in [0.1, 0.15) is 12.0 Å². The number of alkyl halides is 6. The first-order chi connectivity index (χ1) is 34.1. The lowest BCUT2D eigenvalue weighted by Gasteiger charge is -2.39. The summed E-state index contributed by atoms with van der Waals surface area (Å²) in [5.41, 5.74) is 6.11. The Morgan fingerprint density at radius 3 is 1.73 bits per heavy atom. The summed E-state index contributed by atoms with van der Waals surface area (Å²) in [6.45, 7) is 3.74. The second-order valence-corrected chi connectivity index (χ2v) is 18.7. The maximum absolute atomic E-state index is 14.8. The van der Waals surface area contributed by atoms with E-state index >= 15 is 0 Å². The van der Waals surface area contributed by atoms with Crippen LogP contribution in [0.15, 0.2) is 146 Å². The number of hydrogen-bond donors (Lipinski definition) is 2. The predicted molar refractivity (Wildman–Crippen MR) is 266 cm³/mol. The van der Waals surface area contributed by atoms with Crippen molar-refractivity contribution in [2.24, 2.45) is 0 Å². The van der Waals surface area contributed by atoms with E-state index in [1.165, 1.54) is 12.1 Å². The van der Waals surface area contributed by atoms with E-state index in [4.69, 9.17) is 0 Å². The van der Waals surface area contributed by atoms with E-state index in [1.54, 1.807) is 24.3 Å². The van der Waals surface area contributed by atoms with Gasteiger partial charge in [-0.3, -0.25) is 14.4 Å². The van der Waals surface area contributed by atoms with E-state index in [9.17, 15) is 40.7 Å². The van der Waals surface area contributed by atoms with Gasteiger partial charge in [-0.1, -0.05) is 133 Å². The molecule has 6 aromatic carbocycles. The highest BCUT2D eigenvalue weighted by Gasteiger charge is 2.49. The summed E-state index contributed by atoms with van der Waals surface area (Å²) >= 11 is 0. The maximum Gasteiger partial charge on any atom is 0.416 e. The number of carbonyl (C=O) groups excluding carboxylic acids is 3. The molecule has 1 heterocycles. The van der Waals surface area contributed by atoms with Gasteiger partial charge in [0.2, 0.25) is 5.91 Å². The molecule has 0 unspecified atom stereocenters. The highest BCUT2D eigenvalue weighted by Crippen LogP contribution is 2.51. The highest BCUT2D eigenvalue weighted by molar-refractivity contribution is 6.02. The predicted octanol–water partition coefficient (Wildman–Crippen LogP) is 12.7. The quantitative estimate of drug-likeness (QED) is 0.0664. The fourth-order valence-electron chi connectivity index (χ4n) is 10.4. The number of halogens is 6. The summed E-state index contributed by atoms with van der Waals surface area (Å²) in [4.78, 5) is 46.5. The van der Waals surface area contributed by atoms with Gasteiger partial charge in [-0.15, -0.1) is 0 Å². The summed E-state index contributed by atoms with van der Waals surface area (Å²) in [5, 5.41) is 5.20. The first-order valence-corrected chi connectivity index (χ1v) is 24.4. The molecule has 8 rings (SSSR count). The van der Waals surface area contributed by atoms with Crippen molar-refractivity contribution in [3.63, 3.8) is 0 Å². The molecule has 6 aromatic rings. The lowest BCUT2D eigenvalue weighted by Crippen LogP contribution is -2.48. The highest BCUT2D eigenvalue weighted by atomic mass is 19.4. The van der Waals surface area contributed by atoms with Crippen molar-refractivity contribution in [2.75, 3.05) is 39.3 Å². The fourth-order valence-corrected chi connectivity index (χ4v) is 10.4. The Hall–Kier alpha value is -6.73. The normalized spacial score (nSPS) is 14.6. The van der Waals surface area contributed by atoms with Crippen LogP contribution in [0, 0.1) is 6.92 Å². The van der Waals surface area contributed by atoms with Gasteiger partial charge in [-0.2, -0.15) is 26.3 Å². The number of unbranched alkanes of at least 4 members (excludes halogenated alkanes) is 3. The Balaban J connectivity index is 0.898. The molecule has 0 saturated carbocycles. The third-order valence-corrected chi connectivity index (χ3v) is 14.0. The minimum Gasteiger partial charge on any atom is -0.352 e. The Morgan fingerprint density at radius 1 is 0.606 bits per heavy atom. The molecule has 1 saturated heterocycles. The number of fused-ring (bicyclic) bond motifs is 3. The van der Waals surface area contributed by atoms with Crippen molar-refractivity contribution in [3.05, 3.63) is 179 Å². The molecule has 1 aliphatic heterocycles. The van der Waals surface area contributed by atoms with Crippen molar-refractivity contribution in [1.82, 2.24) is 20.4 Å². The number of nitrogens with one attached hydrogen (secondary N) is 2. The van der Waals surface area contributed by atoms with Gasteiger partial charge in [0.05, 0.1) is 5.56 Å². The number of benzene rings is 6. The summed E-state index contributed by atoms with van der Waals surface area (Å²) in [6, 6.07) is 42.3. The Labute approximate surface area is 411 Å². The molecular weight excluding hydrogens is 915 g/mol. The van der Waals surface area contributed by atoms with Crippen LogP contribution >= 0.6 is 0 Å². The summed E-state index contributed by atoms with van der Waals surface area (Å²) in [6.07, 6.45) is -3.76. The van der Waals surface area contributed by atoms with Crippen molar-refractivity contribution < 1.29 is 40.7 Å². The van der Waals surface area contributed by atoms with Gasteiger partial charge in [-0.25, -0.2) is 0 Å². The first-order valence-electron chi connectivity index (χ1n) is 24.4. The molecule has 0 spiro atoms. The zero-order chi connectivity index (χ0) is 50.2. The van der Waals surface area contributed by atoms with Crippen LogP contribution in [0.5, 0.6) is 0 Å². The largest absolute Gasteiger partial charge is 0.416 e. The molecule has 13 heteroatoms. The molecular formula is C58H58F6N4O3. The standard InChI is InChI=1S/C58H58F6N4O3/c1-40-23-25-41(26-24-40)46-16-4-6-20-50(46)54(70)68(36-13-2-12-34-65-53(69)49-19-5-3-15-45(49)42-27-29-43(30-28-42)58(62,63)64)44-31-37-67(38-32-44)35-14-11-33-56(55(71)66-39-57(59,60)61)51-21-9-7-17-47(51)48-18-8-10-22-52(48)56/h3-10,15-30,44H,2,11-14,31-39H2,1H3,(H,65,69)(H,66,71). The van der Waals surface area contributed by atoms with Crippen LogP contribution in [-0.4, -0.2) is 79.0 Å². The van der Waals surface area contributed by atoms with Crippen LogP contribution in [0.25, 0.3) is 33.4 Å². The molecule has 7 nitrogen and oxygen atoms in total. The summed E-state index contributed by atoms with van der Waals surface area (Å²) in [7, 11) is 0. The van der Waals surface area contributed by atoms with Crippen LogP contribution in [-0.2, 0) is 16.4 Å². The number of hydrogen-bond acceptors (Lipinski definition) is 4. The second kappa shape index (κ2) is 22.1. The minimum atomic E-state index is -4.55. The van der Waals surface area contributed by atoms with E-state index < -0.39 is 35.8 Å². The molecule has 0 aromatic heterocycles. The smallest absolute Gasteiger partial charge is 0.352 e. The van der Waals surface area contributed by atoms with Gasteiger partial charge in [0.15, 0.2) is 0 Å². The van der Waals surface area contributed by atoms with Crippen molar-refractivity contribution in [3.8, 4) is 33.4 Å². The van der Waals surface area contributed by atoms with Crippen molar-refractivity contribution in [1.29, 1.82) is 0 Å². The molecule has 71 heavy (non-hydrogen) atoms. The topological polar surface area (TPSA) is 81.8 Å².